The Kier molecular flexibility index (Phi) is 3.12. The molecule has 0 aliphatic rings. The standard InChI is InChI=1S/C21H17N/c1-2-15-7-9-17(10-8-15)21-13-20-18(14-22-21)12-11-16-5-3-4-6-19(16)20/h3-14H,2H2,1H3/p+1. The number of benzene rings is 3. The molecule has 4 aromatic rings. The fourth-order valence-electron chi connectivity index (χ4n) is 3.03. The Bertz CT molecular complexity index is 952. The van der Waals surface area contributed by atoms with Crippen molar-refractivity contribution >= 4 is 21.5 Å². The van der Waals surface area contributed by atoms with Gasteiger partial charge in [0.15, 0.2) is 6.20 Å². The van der Waals surface area contributed by atoms with Crippen molar-refractivity contribution in [1.82, 2.24) is 0 Å². The van der Waals surface area contributed by atoms with Gasteiger partial charge in [-0.3, -0.25) is 0 Å². The predicted octanol–water partition coefficient (Wildman–Crippen LogP) is 5.04. The lowest BCUT2D eigenvalue weighted by Crippen LogP contribution is -2.05. The average Bonchev–Trinajstić information content (AvgIpc) is 2.61. The van der Waals surface area contributed by atoms with Gasteiger partial charge in [0.2, 0.25) is 5.69 Å². The first kappa shape index (κ1) is 13.0. The molecule has 1 aromatic heterocycles. The molecule has 0 aliphatic heterocycles. The molecular weight excluding hydrogens is 266 g/mol. The van der Waals surface area contributed by atoms with E-state index in [-0.39, 0.29) is 0 Å². The molecule has 0 atom stereocenters. The van der Waals surface area contributed by atoms with Gasteiger partial charge in [-0.15, -0.1) is 0 Å². The zero-order valence-corrected chi connectivity index (χ0v) is 12.6. The molecule has 3 aromatic carbocycles. The van der Waals surface area contributed by atoms with Crippen LogP contribution in [0.25, 0.3) is 32.8 Å². The third-order valence-electron chi connectivity index (χ3n) is 4.35. The van der Waals surface area contributed by atoms with Crippen molar-refractivity contribution < 1.29 is 4.98 Å². The highest BCUT2D eigenvalue weighted by Crippen LogP contribution is 2.27. The summed E-state index contributed by atoms with van der Waals surface area (Å²) in [6, 6.07) is 24.0. The molecule has 1 N–H and O–H groups in total. The third-order valence-corrected chi connectivity index (χ3v) is 4.35. The van der Waals surface area contributed by atoms with E-state index in [1.807, 2.05) is 0 Å². The van der Waals surface area contributed by atoms with E-state index in [9.17, 15) is 0 Å². The summed E-state index contributed by atoms with van der Waals surface area (Å²) in [7, 11) is 0. The van der Waals surface area contributed by atoms with Gasteiger partial charge in [-0.1, -0.05) is 49.4 Å². The molecule has 0 spiro atoms. The Hall–Kier alpha value is -2.67. The minimum Gasteiger partial charge on any atom is -0.210 e. The topological polar surface area (TPSA) is 14.1 Å². The SMILES string of the molecule is CCc1ccc(-c2cc3c(ccc4ccccc43)c[nH+]2)cc1. The molecular formula is C21H18N+. The Morgan fingerprint density at radius 3 is 2.36 bits per heavy atom. The number of pyridine rings is 1. The summed E-state index contributed by atoms with van der Waals surface area (Å²) in [5.41, 5.74) is 3.76. The minimum atomic E-state index is 1.08. The van der Waals surface area contributed by atoms with Gasteiger partial charge in [-0.2, -0.15) is 0 Å². The molecule has 22 heavy (non-hydrogen) atoms. The quantitative estimate of drug-likeness (QED) is 0.458. The van der Waals surface area contributed by atoms with Crippen LogP contribution in [0.4, 0.5) is 0 Å². The zero-order chi connectivity index (χ0) is 14.9. The van der Waals surface area contributed by atoms with E-state index in [1.54, 1.807) is 0 Å². The first-order valence-electron chi connectivity index (χ1n) is 7.77. The number of hydrogen-bond donors (Lipinski definition) is 0. The molecule has 0 unspecified atom stereocenters. The van der Waals surface area contributed by atoms with E-state index >= 15 is 0 Å². The van der Waals surface area contributed by atoms with Gasteiger partial charge in [0, 0.05) is 22.4 Å². The van der Waals surface area contributed by atoms with Gasteiger partial charge in [0.25, 0.3) is 0 Å². The predicted molar refractivity (Wildman–Crippen MR) is 92.8 cm³/mol. The van der Waals surface area contributed by atoms with E-state index in [4.69, 9.17) is 0 Å². The maximum Gasteiger partial charge on any atom is 0.211 e. The van der Waals surface area contributed by atoms with Crippen molar-refractivity contribution in [3.8, 4) is 11.3 Å². The first-order valence-corrected chi connectivity index (χ1v) is 7.77. The van der Waals surface area contributed by atoms with E-state index in [1.165, 1.54) is 32.7 Å². The van der Waals surface area contributed by atoms with Gasteiger partial charge < -0.3 is 0 Å². The van der Waals surface area contributed by atoms with Crippen LogP contribution >= 0.6 is 0 Å². The van der Waals surface area contributed by atoms with Crippen LogP contribution < -0.4 is 4.98 Å². The van der Waals surface area contributed by atoms with Crippen LogP contribution in [0.2, 0.25) is 0 Å². The molecule has 0 bridgehead atoms. The van der Waals surface area contributed by atoms with Crippen molar-refractivity contribution in [2.45, 2.75) is 13.3 Å². The van der Waals surface area contributed by atoms with E-state index < -0.39 is 0 Å². The molecule has 1 nitrogen and oxygen atoms in total. The molecule has 106 valence electrons. The molecule has 0 aliphatic carbocycles. The van der Waals surface area contributed by atoms with E-state index in [0.29, 0.717) is 0 Å². The van der Waals surface area contributed by atoms with Crippen LogP contribution in [0.15, 0.2) is 72.9 Å². The fraction of sp³-hybridized carbons (Fsp3) is 0.0952. The fourth-order valence-corrected chi connectivity index (χ4v) is 3.03. The van der Waals surface area contributed by atoms with Crippen LogP contribution in [0.1, 0.15) is 12.5 Å². The van der Waals surface area contributed by atoms with Gasteiger partial charge in [-0.05, 0) is 41.0 Å². The number of fused-ring (bicyclic) bond motifs is 3. The summed E-state index contributed by atoms with van der Waals surface area (Å²) >= 11 is 0. The number of aryl methyl sites for hydroxylation is 1. The normalized spacial score (nSPS) is 11.1. The molecule has 1 heterocycles. The number of aromatic nitrogens is 1. The number of hydrogen-bond acceptors (Lipinski definition) is 0. The first-order chi connectivity index (χ1) is 10.8. The Morgan fingerprint density at radius 2 is 1.55 bits per heavy atom. The maximum absolute atomic E-state index is 3.43. The van der Waals surface area contributed by atoms with Gasteiger partial charge in [-0.25, -0.2) is 4.98 Å². The van der Waals surface area contributed by atoms with Crippen molar-refractivity contribution in [3.05, 3.63) is 78.5 Å². The molecule has 0 fully saturated rings. The lowest BCUT2D eigenvalue weighted by Gasteiger charge is -2.04. The van der Waals surface area contributed by atoms with Gasteiger partial charge in [0.05, 0.1) is 0 Å². The highest BCUT2D eigenvalue weighted by Gasteiger charge is 2.09. The summed E-state index contributed by atoms with van der Waals surface area (Å²) in [5.74, 6) is 0. The van der Waals surface area contributed by atoms with E-state index in [0.717, 1.165) is 12.1 Å². The van der Waals surface area contributed by atoms with Gasteiger partial charge >= 0.3 is 0 Å². The highest BCUT2D eigenvalue weighted by atomic mass is 14.7. The Morgan fingerprint density at radius 1 is 0.773 bits per heavy atom. The highest BCUT2D eigenvalue weighted by molar-refractivity contribution is 6.07. The Balaban J connectivity index is 1.93. The molecule has 0 saturated carbocycles. The lowest BCUT2D eigenvalue weighted by atomic mass is 10.0. The molecule has 0 saturated heterocycles. The van der Waals surface area contributed by atoms with Crippen molar-refractivity contribution in [1.29, 1.82) is 0 Å². The van der Waals surface area contributed by atoms with Crippen LogP contribution in [-0.4, -0.2) is 0 Å². The van der Waals surface area contributed by atoms with Crippen LogP contribution in [0.5, 0.6) is 0 Å². The number of aromatic amines is 1. The lowest BCUT2D eigenvalue weighted by molar-refractivity contribution is -0.362. The average molecular weight is 284 g/mol. The molecule has 4 rings (SSSR count). The second-order valence-corrected chi connectivity index (χ2v) is 5.69. The second kappa shape index (κ2) is 5.27. The smallest absolute Gasteiger partial charge is 0.210 e. The third kappa shape index (κ3) is 2.15. The summed E-state index contributed by atoms with van der Waals surface area (Å²) < 4.78 is 0. The molecule has 1 heteroatoms. The van der Waals surface area contributed by atoms with Crippen molar-refractivity contribution in [3.63, 3.8) is 0 Å². The van der Waals surface area contributed by atoms with Crippen LogP contribution in [0.3, 0.4) is 0 Å². The monoisotopic (exact) mass is 284 g/mol. The van der Waals surface area contributed by atoms with Crippen LogP contribution in [-0.2, 0) is 6.42 Å². The molecule has 0 radical (unpaired) electrons. The summed E-state index contributed by atoms with van der Waals surface area (Å²) in [6.07, 6.45) is 3.18. The minimum absolute atomic E-state index is 1.08. The van der Waals surface area contributed by atoms with Crippen LogP contribution in [0, 0.1) is 0 Å². The zero-order valence-electron chi connectivity index (χ0n) is 12.6. The number of H-pyrrole nitrogens is 1. The maximum atomic E-state index is 3.43. The van der Waals surface area contributed by atoms with Crippen molar-refractivity contribution in [2.75, 3.05) is 0 Å². The summed E-state index contributed by atoms with van der Waals surface area (Å²) in [5, 5.41) is 5.13. The largest absolute Gasteiger partial charge is 0.211 e. The summed E-state index contributed by atoms with van der Waals surface area (Å²) in [6.45, 7) is 2.18. The van der Waals surface area contributed by atoms with Crippen molar-refractivity contribution in [2.24, 2.45) is 0 Å². The Labute approximate surface area is 130 Å². The molecule has 0 amide bonds. The van der Waals surface area contributed by atoms with E-state index in [2.05, 4.69) is 84.8 Å². The number of rotatable bonds is 2. The van der Waals surface area contributed by atoms with Gasteiger partial charge in [0.1, 0.15) is 0 Å². The summed E-state index contributed by atoms with van der Waals surface area (Å²) in [4.78, 5) is 3.43. The number of nitrogens with one attached hydrogen (secondary N) is 1. The second-order valence-electron chi connectivity index (χ2n) is 5.69.